The van der Waals surface area contributed by atoms with Gasteiger partial charge < -0.3 is 29.9 Å². The van der Waals surface area contributed by atoms with Crippen molar-refractivity contribution in [3.63, 3.8) is 0 Å². The minimum Gasteiger partial charge on any atom is -0.479 e. The standard InChI is InChI=1S/C18H18ClNO8.Na/c19-9-1-5-11(6-2-9)27-12-7-3-10(4-8-12)20(26)17-15(23)13(21)14(22)16(28-17)18(24)25;/h1-8,13-17,21-23,26H,(H,24,25);. The molecule has 1 fully saturated rings. The van der Waals surface area contributed by atoms with Gasteiger partial charge in [-0.3, -0.25) is 5.21 Å². The van der Waals surface area contributed by atoms with Crippen LogP contribution >= 0.6 is 11.6 Å². The first-order valence-corrected chi connectivity index (χ1v) is 8.60. The number of hydroxylamine groups is 1. The Balaban J connectivity index is 0.00000300. The number of benzene rings is 2. The Kier molecular flexibility index (Phi) is 8.29. The molecule has 2 aromatic rings. The molecule has 1 aliphatic heterocycles. The van der Waals surface area contributed by atoms with Gasteiger partial charge in [-0.1, -0.05) is 11.6 Å². The van der Waals surface area contributed by atoms with Crippen LogP contribution in [0.2, 0.25) is 5.02 Å². The van der Waals surface area contributed by atoms with Gasteiger partial charge in [0.1, 0.15) is 29.8 Å². The molecule has 0 aliphatic carbocycles. The van der Waals surface area contributed by atoms with Crippen LogP contribution in [0.3, 0.4) is 0 Å². The summed E-state index contributed by atoms with van der Waals surface area (Å²) in [6.45, 7) is 0. The Morgan fingerprint density at radius 3 is 1.97 bits per heavy atom. The third kappa shape index (κ3) is 5.40. The number of carboxylic acids is 1. The van der Waals surface area contributed by atoms with E-state index >= 15 is 0 Å². The number of nitrogens with zero attached hydrogens (tertiary/aromatic N) is 1. The van der Waals surface area contributed by atoms with E-state index in [1.54, 1.807) is 24.3 Å². The number of aliphatic hydroxyl groups excluding tert-OH is 3. The average molecular weight is 435 g/mol. The Morgan fingerprint density at radius 2 is 1.45 bits per heavy atom. The van der Waals surface area contributed by atoms with E-state index in [0.717, 1.165) is 0 Å². The summed E-state index contributed by atoms with van der Waals surface area (Å²) < 4.78 is 10.7. The monoisotopic (exact) mass is 434 g/mol. The van der Waals surface area contributed by atoms with Crippen molar-refractivity contribution in [3.05, 3.63) is 53.6 Å². The second-order valence-corrected chi connectivity index (χ2v) is 6.59. The molecule has 11 heteroatoms. The van der Waals surface area contributed by atoms with Gasteiger partial charge in [-0.2, -0.15) is 0 Å². The summed E-state index contributed by atoms with van der Waals surface area (Å²) in [6, 6.07) is 12.6. The number of hydrogen-bond donors (Lipinski definition) is 5. The number of carboxylic acid groups (broad SMARTS) is 1. The molecular formula is C18H18ClNNaO8. The quantitative estimate of drug-likeness (QED) is 0.342. The van der Waals surface area contributed by atoms with Crippen molar-refractivity contribution in [2.45, 2.75) is 30.6 Å². The Hall–Kier alpha value is -1.40. The fourth-order valence-corrected chi connectivity index (χ4v) is 2.85. The molecule has 5 N–H and O–H groups in total. The molecule has 1 saturated heterocycles. The number of aliphatic hydroxyl groups is 3. The summed E-state index contributed by atoms with van der Waals surface area (Å²) in [5.74, 6) is -0.544. The summed E-state index contributed by atoms with van der Waals surface area (Å²) in [6.07, 6.45) is -8.83. The Bertz CT molecular complexity index is 822. The summed E-state index contributed by atoms with van der Waals surface area (Å²) in [4.78, 5) is 11.2. The van der Waals surface area contributed by atoms with Gasteiger partial charge in [-0.05, 0) is 48.5 Å². The first-order valence-electron chi connectivity index (χ1n) is 8.22. The molecule has 9 nitrogen and oxygen atoms in total. The molecule has 3 rings (SSSR count). The molecule has 0 spiro atoms. The van der Waals surface area contributed by atoms with Gasteiger partial charge >= 0.3 is 5.97 Å². The first-order chi connectivity index (χ1) is 13.3. The second kappa shape index (κ2) is 10.1. The second-order valence-electron chi connectivity index (χ2n) is 6.15. The molecule has 1 aliphatic rings. The van der Waals surface area contributed by atoms with Gasteiger partial charge in [0.25, 0.3) is 0 Å². The summed E-state index contributed by atoms with van der Waals surface area (Å²) in [5, 5.41) is 50.0. The number of anilines is 1. The van der Waals surface area contributed by atoms with Gasteiger partial charge in [-0.15, -0.1) is 0 Å². The molecule has 5 atom stereocenters. The van der Waals surface area contributed by atoms with E-state index in [1.807, 2.05) is 0 Å². The molecule has 1 radical (unpaired) electrons. The minimum atomic E-state index is -1.84. The maximum Gasteiger partial charge on any atom is 0.335 e. The van der Waals surface area contributed by atoms with Crippen LogP contribution in [-0.2, 0) is 9.53 Å². The molecule has 2 aromatic carbocycles. The van der Waals surface area contributed by atoms with Crippen molar-refractivity contribution in [1.82, 2.24) is 0 Å². The smallest absolute Gasteiger partial charge is 0.335 e. The normalized spacial score (nSPS) is 26.3. The van der Waals surface area contributed by atoms with Crippen LogP contribution in [0.1, 0.15) is 0 Å². The van der Waals surface area contributed by atoms with Crippen molar-refractivity contribution in [2.24, 2.45) is 0 Å². The van der Waals surface area contributed by atoms with Gasteiger partial charge in [-0.25, -0.2) is 9.86 Å². The molecule has 0 bridgehead atoms. The third-order valence-electron chi connectivity index (χ3n) is 4.22. The SMILES string of the molecule is O=C(O)C1OC(N(O)c2ccc(Oc3ccc(Cl)cc3)cc2)C(O)C(O)C1O.[Na]. The van der Waals surface area contributed by atoms with Crippen molar-refractivity contribution < 1.29 is 39.9 Å². The molecule has 1 heterocycles. The third-order valence-corrected chi connectivity index (χ3v) is 4.48. The van der Waals surface area contributed by atoms with E-state index in [2.05, 4.69) is 0 Å². The van der Waals surface area contributed by atoms with E-state index in [1.165, 1.54) is 24.3 Å². The molecule has 0 saturated carbocycles. The van der Waals surface area contributed by atoms with Gasteiger partial charge in [0, 0.05) is 34.6 Å². The predicted octanol–water partition coefficient (Wildman–Crippen LogP) is 0.839. The van der Waals surface area contributed by atoms with Crippen molar-refractivity contribution in [1.29, 1.82) is 0 Å². The first kappa shape index (κ1) is 23.9. The van der Waals surface area contributed by atoms with Gasteiger partial charge in [0.05, 0.1) is 5.69 Å². The number of ether oxygens (including phenoxy) is 2. The zero-order chi connectivity index (χ0) is 20.4. The number of aliphatic carboxylic acids is 1. The molecule has 5 unspecified atom stereocenters. The van der Waals surface area contributed by atoms with Gasteiger partial charge in [0.15, 0.2) is 12.3 Å². The van der Waals surface area contributed by atoms with Crippen LogP contribution in [0.15, 0.2) is 48.5 Å². The zero-order valence-corrected chi connectivity index (χ0v) is 18.0. The number of hydrogen-bond acceptors (Lipinski definition) is 8. The molecule has 29 heavy (non-hydrogen) atoms. The van der Waals surface area contributed by atoms with Crippen LogP contribution in [0.25, 0.3) is 0 Å². The van der Waals surface area contributed by atoms with Crippen molar-refractivity contribution >= 4 is 52.8 Å². The predicted molar refractivity (Wildman–Crippen MR) is 102 cm³/mol. The van der Waals surface area contributed by atoms with Crippen LogP contribution in [0.4, 0.5) is 5.69 Å². The molecule has 0 amide bonds. The summed E-state index contributed by atoms with van der Waals surface area (Å²) >= 11 is 5.81. The average Bonchev–Trinajstić information content (AvgIpc) is 2.68. The van der Waals surface area contributed by atoms with E-state index < -0.39 is 36.6 Å². The maximum absolute atomic E-state index is 11.2. The largest absolute Gasteiger partial charge is 0.479 e. The number of carbonyl (C=O) groups is 1. The van der Waals surface area contributed by atoms with Crippen LogP contribution in [-0.4, -0.2) is 91.8 Å². The van der Waals surface area contributed by atoms with Crippen LogP contribution < -0.4 is 9.80 Å². The minimum absolute atomic E-state index is 0. The number of rotatable bonds is 5. The maximum atomic E-state index is 11.2. The Labute approximate surface area is 192 Å². The summed E-state index contributed by atoms with van der Waals surface area (Å²) in [7, 11) is 0. The van der Waals surface area contributed by atoms with Crippen LogP contribution in [0.5, 0.6) is 11.5 Å². The van der Waals surface area contributed by atoms with Gasteiger partial charge in [0.2, 0.25) is 0 Å². The molecule has 0 aromatic heterocycles. The fourth-order valence-electron chi connectivity index (χ4n) is 2.72. The Morgan fingerprint density at radius 1 is 0.931 bits per heavy atom. The van der Waals surface area contributed by atoms with Crippen molar-refractivity contribution in [2.75, 3.05) is 5.06 Å². The summed E-state index contributed by atoms with van der Waals surface area (Å²) in [5.41, 5.74) is 0.139. The van der Waals surface area contributed by atoms with Crippen molar-refractivity contribution in [3.8, 4) is 11.5 Å². The topological polar surface area (TPSA) is 140 Å². The molecule has 151 valence electrons. The van der Waals surface area contributed by atoms with E-state index in [4.69, 9.17) is 26.2 Å². The van der Waals surface area contributed by atoms with E-state index in [0.29, 0.717) is 21.6 Å². The molecular weight excluding hydrogens is 417 g/mol. The number of halogens is 1. The zero-order valence-electron chi connectivity index (χ0n) is 15.3. The fraction of sp³-hybridized carbons (Fsp3) is 0.278. The van der Waals surface area contributed by atoms with E-state index in [-0.39, 0.29) is 35.2 Å². The van der Waals surface area contributed by atoms with Crippen LogP contribution in [0, 0.1) is 0 Å². The van der Waals surface area contributed by atoms with E-state index in [9.17, 15) is 25.3 Å².